The van der Waals surface area contributed by atoms with Crippen LogP contribution in [-0.4, -0.2) is 88.1 Å². The molecule has 5 atom stereocenters. The molecule has 0 aliphatic rings. The van der Waals surface area contributed by atoms with Crippen LogP contribution in [0.3, 0.4) is 0 Å². The number of aliphatic hydroxyl groups is 4. The minimum atomic E-state index is -4.70. The van der Waals surface area contributed by atoms with Gasteiger partial charge < -0.3 is 34.8 Å². The van der Waals surface area contributed by atoms with E-state index in [1.165, 1.54) is 19.3 Å². The van der Waals surface area contributed by atoms with Crippen molar-refractivity contribution in [2.24, 2.45) is 0 Å². The van der Waals surface area contributed by atoms with Crippen molar-refractivity contribution < 1.29 is 58.0 Å². The van der Waals surface area contributed by atoms with Crippen molar-refractivity contribution in [1.82, 2.24) is 0 Å². The van der Waals surface area contributed by atoms with Gasteiger partial charge in [-0.15, -0.1) is 0 Å². The second-order valence-corrected chi connectivity index (χ2v) is 15.5. The summed E-state index contributed by atoms with van der Waals surface area (Å²) in [6, 6.07) is 0. The number of allylic oxidation sites excluding steroid dienone is 16. The average Bonchev–Trinajstić information content (AvgIpc) is 3.24. The summed E-state index contributed by atoms with van der Waals surface area (Å²) < 4.78 is 32.5. The highest BCUT2D eigenvalue weighted by Gasteiger charge is 2.27. The van der Waals surface area contributed by atoms with Gasteiger partial charge in [-0.1, -0.05) is 148 Å². The fourth-order valence-corrected chi connectivity index (χ4v) is 5.69. The first kappa shape index (κ1) is 57.3. The lowest BCUT2D eigenvalue weighted by atomic mass is 10.2. The van der Waals surface area contributed by atoms with Crippen molar-refractivity contribution in [2.45, 2.75) is 141 Å². The molecule has 1 unspecified atom stereocenters. The van der Waals surface area contributed by atoms with Gasteiger partial charge >= 0.3 is 19.8 Å². The molecule has 61 heavy (non-hydrogen) atoms. The van der Waals surface area contributed by atoms with E-state index in [0.29, 0.717) is 38.5 Å². The largest absolute Gasteiger partial charge is 0.472 e. The van der Waals surface area contributed by atoms with Gasteiger partial charge in [-0.05, 0) is 77.0 Å². The maximum absolute atomic E-state index is 12.6. The first-order valence-electron chi connectivity index (χ1n) is 21.7. The lowest BCUT2D eigenvalue weighted by molar-refractivity contribution is -0.161. The zero-order valence-electron chi connectivity index (χ0n) is 36.5. The molecular weight excluding hydrogens is 799 g/mol. The monoisotopic (exact) mass is 874 g/mol. The number of esters is 2. The number of carbonyl (C=O) groups excluding carboxylic acids is 2. The second kappa shape index (κ2) is 41.6. The molecule has 0 rings (SSSR count). The number of ether oxygens (including phenoxy) is 2. The molecule has 5 N–H and O–H groups in total. The van der Waals surface area contributed by atoms with Crippen molar-refractivity contribution in [3.8, 4) is 0 Å². The maximum Gasteiger partial charge on any atom is 0.472 e. The minimum absolute atomic E-state index is 0.0217. The van der Waals surface area contributed by atoms with Crippen LogP contribution in [0.15, 0.2) is 122 Å². The first-order valence-corrected chi connectivity index (χ1v) is 23.2. The number of carbonyl (C=O) groups is 2. The SMILES string of the molecule is CC/C=C\C[C@H](O)/C=C/C=C\C/C=C\C=C\[C@H](O)/C=C\CCCC(=O)O[C@H](COC(=O)CCC/C=C\C/C=C\C/C=C\C/C=C\CCCCC)COP(=O)(O)OC[C@@H](O)CO. The minimum Gasteiger partial charge on any atom is -0.462 e. The van der Waals surface area contributed by atoms with E-state index in [1.54, 1.807) is 30.4 Å². The third kappa shape index (κ3) is 41.4. The molecule has 0 aromatic carbocycles. The highest BCUT2D eigenvalue weighted by Crippen LogP contribution is 2.43. The summed E-state index contributed by atoms with van der Waals surface area (Å²) in [6.45, 7) is 1.84. The van der Waals surface area contributed by atoms with Gasteiger partial charge in [0.2, 0.25) is 0 Å². The Morgan fingerprint density at radius 3 is 1.77 bits per heavy atom. The van der Waals surface area contributed by atoms with Crippen molar-refractivity contribution >= 4 is 19.8 Å². The van der Waals surface area contributed by atoms with E-state index < -0.39 is 70.6 Å². The molecule has 0 aromatic rings. The summed E-state index contributed by atoms with van der Waals surface area (Å²) in [7, 11) is -4.70. The van der Waals surface area contributed by atoms with Gasteiger partial charge in [0.15, 0.2) is 6.10 Å². The third-order valence-corrected chi connectivity index (χ3v) is 9.23. The van der Waals surface area contributed by atoms with Crippen LogP contribution in [0.4, 0.5) is 0 Å². The van der Waals surface area contributed by atoms with Crippen LogP contribution < -0.4 is 0 Å². The Kier molecular flexibility index (Phi) is 39.1. The predicted octanol–water partition coefficient (Wildman–Crippen LogP) is 9.49. The molecule has 0 spiro atoms. The standard InChI is InChI=1S/C48H75O12P/c1-3-5-7-8-9-10-11-12-13-14-15-16-17-18-22-25-31-37-47(53)57-41-46(42-59-61(55,56)58-40-45(52)39-49)60-48(54)38-32-26-30-36-44(51)35-29-24-21-19-20-23-28-34-43(50)33-27-6-4-2/h6,9-10,12-13,15-16,18,20-24,27-30,34-36,43-46,49-52H,3-5,7-8,11,14,17,19,25-26,31-33,37-42H2,1-2H3,(H,55,56)/b10-9-,13-12-,16-15-,22-18-,23-20-,24-21-,27-6-,34-28+,35-29+,36-30-/t43-,44-,45-,46+/m0/s1. The number of rotatable bonds is 38. The zero-order valence-corrected chi connectivity index (χ0v) is 37.4. The summed E-state index contributed by atoms with van der Waals surface area (Å²) in [6.07, 6.45) is 46.7. The molecule has 0 radical (unpaired) electrons. The van der Waals surface area contributed by atoms with Crippen LogP contribution >= 0.6 is 7.82 Å². The first-order chi connectivity index (χ1) is 29.5. The van der Waals surface area contributed by atoms with E-state index in [9.17, 15) is 34.4 Å². The normalized spacial score (nSPS) is 16.0. The molecule has 0 heterocycles. The van der Waals surface area contributed by atoms with E-state index in [0.717, 1.165) is 32.1 Å². The highest BCUT2D eigenvalue weighted by molar-refractivity contribution is 7.47. The quantitative estimate of drug-likeness (QED) is 0.0130. The van der Waals surface area contributed by atoms with E-state index in [1.807, 2.05) is 61.6 Å². The number of phosphoric acid groups is 1. The van der Waals surface area contributed by atoms with E-state index in [2.05, 4.69) is 47.9 Å². The fourth-order valence-electron chi connectivity index (χ4n) is 4.90. The Bertz CT molecular complexity index is 1460. The second-order valence-electron chi connectivity index (χ2n) is 14.0. The molecule has 0 aliphatic heterocycles. The molecule has 0 amide bonds. The van der Waals surface area contributed by atoms with Crippen LogP contribution in [0, 0.1) is 0 Å². The van der Waals surface area contributed by atoms with E-state index in [4.69, 9.17) is 19.1 Å². The number of hydrogen-bond donors (Lipinski definition) is 5. The third-order valence-electron chi connectivity index (χ3n) is 8.27. The van der Waals surface area contributed by atoms with Crippen LogP contribution in [0.5, 0.6) is 0 Å². The highest BCUT2D eigenvalue weighted by atomic mass is 31.2. The molecular formula is C48H75O12P. The van der Waals surface area contributed by atoms with Crippen molar-refractivity contribution in [3.63, 3.8) is 0 Å². The summed E-state index contributed by atoms with van der Waals surface area (Å²) in [5.74, 6) is -1.19. The van der Waals surface area contributed by atoms with Crippen molar-refractivity contribution in [3.05, 3.63) is 122 Å². The molecule has 0 fully saturated rings. The van der Waals surface area contributed by atoms with Gasteiger partial charge in [-0.3, -0.25) is 18.6 Å². The number of aliphatic hydroxyl groups excluding tert-OH is 4. The summed E-state index contributed by atoms with van der Waals surface area (Å²) in [5, 5.41) is 38.3. The summed E-state index contributed by atoms with van der Waals surface area (Å²) in [5.41, 5.74) is 0. The maximum atomic E-state index is 12.6. The van der Waals surface area contributed by atoms with Gasteiger partial charge in [0, 0.05) is 12.8 Å². The molecule has 0 bridgehead atoms. The smallest absolute Gasteiger partial charge is 0.462 e. The molecule has 344 valence electrons. The van der Waals surface area contributed by atoms with Crippen LogP contribution in [0.2, 0.25) is 0 Å². The van der Waals surface area contributed by atoms with E-state index in [-0.39, 0.29) is 12.8 Å². The zero-order chi connectivity index (χ0) is 45.1. The molecule has 12 nitrogen and oxygen atoms in total. The van der Waals surface area contributed by atoms with Gasteiger partial charge in [-0.2, -0.15) is 0 Å². The van der Waals surface area contributed by atoms with Gasteiger partial charge in [0.25, 0.3) is 0 Å². The molecule has 13 heteroatoms. The van der Waals surface area contributed by atoms with Gasteiger partial charge in [0.1, 0.15) is 12.7 Å². The predicted molar refractivity (Wildman–Crippen MR) is 244 cm³/mol. The number of phosphoric ester groups is 1. The van der Waals surface area contributed by atoms with Gasteiger partial charge in [0.05, 0.1) is 32.0 Å². The molecule has 0 aromatic heterocycles. The van der Waals surface area contributed by atoms with Crippen molar-refractivity contribution in [1.29, 1.82) is 0 Å². The Balaban J connectivity index is 4.67. The summed E-state index contributed by atoms with van der Waals surface area (Å²) >= 11 is 0. The Morgan fingerprint density at radius 1 is 0.590 bits per heavy atom. The fraction of sp³-hybridized carbons (Fsp3) is 0.542. The lowest BCUT2D eigenvalue weighted by Gasteiger charge is -2.20. The van der Waals surface area contributed by atoms with Crippen LogP contribution in [0.1, 0.15) is 117 Å². The molecule has 0 aliphatic carbocycles. The summed E-state index contributed by atoms with van der Waals surface area (Å²) in [4.78, 5) is 35.0. The molecule has 0 saturated carbocycles. The lowest BCUT2D eigenvalue weighted by Crippen LogP contribution is -2.29. The Hall–Kier alpha value is -3.71. The number of hydrogen-bond acceptors (Lipinski definition) is 11. The van der Waals surface area contributed by atoms with E-state index >= 15 is 0 Å². The van der Waals surface area contributed by atoms with Gasteiger partial charge in [-0.25, -0.2) is 4.57 Å². The Morgan fingerprint density at radius 2 is 1.15 bits per heavy atom. The van der Waals surface area contributed by atoms with Crippen LogP contribution in [-0.2, 0) is 32.7 Å². The topological polar surface area (TPSA) is 189 Å². The van der Waals surface area contributed by atoms with Crippen LogP contribution in [0.25, 0.3) is 0 Å². The van der Waals surface area contributed by atoms with Crippen molar-refractivity contribution in [2.75, 3.05) is 26.4 Å². The Labute approximate surface area is 365 Å². The molecule has 0 saturated heterocycles. The number of unbranched alkanes of at least 4 members (excludes halogenated alkanes) is 5. The average molecular weight is 875 g/mol.